The van der Waals surface area contributed by atoms with Gasteiger partial charge >= 0.3 is 0 Å². The maximum absolute atomic E-state index is 9.38. The number of aliphatic hydroxyl groups is 1. The average molecular weight is 238 g/mol. The number of nitrogens with zero attached hydrogens (tertiary/aromatic N) is 3. The summed E-state index contributed by atoms with van der Waals surface area (Å²) in [6.07, 6.45) is 0.428. The first-order chi connectivity index (χ1) is 8.06. The van der Waals surface area contributed by atoms with Crippen LogP contribution in [0.2, 0.25) is 0 Å². The fourth-order valence-electron chi connectivity index (χ4n) is 1.60. The summed E-state index contributed by atoms with van der Waals surface area (Å²) >= 11 is 0. The molecule has 1 atom stereocenters. The third-order valence-electron chi connectivity index (χ3n) is 2.36. The highest BCUT2D eigenvalue weighted by atomic mass is 16.3. The first kappa shape index (κ1) is 13.7. The standard InChI is InChI=1S/C12H22N4O/c1-5-10-14-11(13-6-2)7-12(15-10)16(4)8-9(3)17/h7,9,17H,5-6,8H2,1-4H3,(H,13,14,15). The molecule has 1 unspecified atom stereocenters. The van der Waals surface area contributed by atoms with Gasteiger partial charge in [0, 0.05) is 32.6 Å². The molecule has 0 aromatic carbocycles. The van der Waals surface area contributed by atoms with E-state index in [-0.39, 0.29) is 6.10 Å². The Kier molecular flexibility index (Phi) is 5.15. The van der Waals surface area contributed by atoms with Crippen molar-refractivity contribution in [3.63, 3.8) is 0 Å². The average Bonchev–Trinajstić information content (AvgIpc) is 2.28. The lowest BCUT2D eigenvalue weighted by Gasteiger charge is -2.20. The zero-order valence-corrected chi connectivity index (χ0v) is 11.1. The Labute approximate surface area is 103 Å². The minimum atomic E-state index is -0.373. The molecule has 96 valence electrons. The van der Waals surface area contributed by atoms with Crippen molar-refractivity contribution in [1.82, 2.24) is 9.97 Å². The van der Waals surface area contributed by atoms with Gasteiger partial charge in [-0.15, -0.1) is 0 Å². The third kappa shape index (κ3) is 4.19. The number of aliphatic hydroxyl groups excluding tert-OH is 1. The van der Waals surface area contributed by atoms with Crippen molar-refractivity contribution in [2.24, 2.45) is 0 Å². The van der Waals surface area contributed by atoms with Gasteiger partial charge in [0.2, 0.25) is 0 Å². The van der Waals surface area contributed by atoms with Gasteiger partial charge in [0.25, 0.3) is 0 Å². The Hall–Kier alpha value is -1.36. The van der Waals surface area contributed by atoms with E-state index >= 15 is 0 Å². The highest BCUT2D eigenvalue weighted by Crippen LogP contribution is 2.15. The fourth-order valence-corrected chi connectivity index (χ4v) is 1.60. The molecule has 5 heteroatoms. The zero-order valence-electron chi connectivity index (χ0n) is 11.1. The molecular weight excluding hydrogens is 216 g/mol. The van der Waals surface area contributed by atoms with Gasteiger partial charge in [-0.05, 0) is 13.8 Å². The Bertz CT molecular complexity index is 354. The van der Waals surface area contributed by atoms with Crippen LogP contribution in [0.25, 0.3) is 0 Å². The summed E-state index contributed by atoms with van der Waals surface area (Å²) in [7, 11) is 1.92. The van der Waals surface area contributed by atoms with E-state index in [0.717, 1.165) is 30.4 Å². The Morgan fingerprint density at radius 1 is 1.41 bits per heavy atom. The van der Waals surface area contributed by atoms with Gasteiger partial charge in [0.15, 0.2) is 0 Å². The summed E-state index contributed by atoms with van der Waals surface area (Å²) in [5.74, 6) is 2.50. The van der Waals surface area contributed by atoms with Gasteiger partial charge in [-0.2, -0.15) is 0 Å². The lowest BCUT2D eigenvalue weighted by Crippen LogP contribution is -2.28. The topological polar surface area (TPSA) is 61.3 Å². The van der Waals surface area contributed by atoms with Crippen LogP contribution in [-0.2, 0) is 6.42 Å². The van der Waals surface area contributed by atoms with Crippen LogP contribution < -0.4 is 10.2 Å². The van der Waals surface area contributed by atoms with Gasteiger partial charge < -0.3 is 15.3 Å². The number of aryl methyl sites for hydroxylation is 1. The summed E-state index contributed by atoms with van der Waals surface area (Å²) in [6.45, 7) is 7.23. The number of anilines is 2. The van der Waals surface area contributed by atoms with Gasteiger partial charge in [0.1, 0.15) is 17.5 Å². The summed E-state index contributed by atoms with van der Waals surface area (Å²) in [5, 5.41) is 12.6. The van der Waals surface area contributed by atoms with Crippen molar-refractivity contribution in [2.75, 3.05) is 30.4 Å². The van der Waals surface area contributed by atoms with Crippen molar-refractivity contribution in [3.8, 4) is 0 Å². The smallest absolute Gasteiger partial charge is 0.134 e. The number of nitrogens with one attached hydrogen (secondary N) is 1. The van der Waals surface area contributed by atoms with E-state index in [1.807, 2.05) is 31.9 Å². The Morgan fingerprint density at radius 3 is 2.65 bits per heavy atom. The normalized spacial score (nSPS) is 12.3. The predicted molar refractivity (Wildman–Crippen MR) is 70.5 cm³/mol. The summed E-state index contributed by atoms with van der Waals surface area (Å²) in [6, 6.07) is 1.91. The first-order valence-corrected chi connectivity index (χ1v) is 6.07. The molecule has 1 rings (SSSR count). The first-order valence-electron chi connectivity index (χ1n) is 6.07. The van der Waals surface area contributed by atoms with E-state index in [4.69, 9.17) is 0 Å². The second-order valence-electron chi connectivity index (χ2n) is 4.14. The third-order valence-corrected chi connectivity index (χ3v) is 2.36. The molecule has 0 amide bonds. The predicted octanol–water partition coefficient (Wildman–Crippen LogP) is 1.29. The highest BCUT2D eigenvalue weighted by Gasteiger charge is 2.09. The summed E-state index contributed by atoms with van der Waals surface area (Å²) in [5.41, 5.74) is 0. The molecule has 1 heterocycles. The monoisotopic (exact) mass is 238 g/mol. The molecule has 1 aromatic rings. The molecule has 2 N–H and O–H groups in total. The lowest BCUT2D eigenvalue weighted by atomic mass is 10.3. The minimum absolute atomic E-state index is 0.373. The van der Waals surface area contributed by atoms with Crippen LogP contribution in [0, 0.1) is 0 Å². The van der Waals surface area contributed by atoms with Crippen molar-refractivity contribution < 1.29 is 5.11 Å². The second-order valence-corrected chi connectivity index (χ2v) is 4.14. The molecule has 5 nitrogen and oxygen atoms in total. The summed E-state index contributed by atoms with van der Waals surface area (Å²) < 4.78 is 0. The number of hydrogen-bond donors (Lipinski definition) is 2. The maximum atomic E-state index is 9.38. The highest BCUT2D eigenvalue weighted by molar-refractivity contribution is 5.49. The maximum Gasteiger partial charge on any atom is 0.134 e. The van der Waals surface area contributed by atoms with E-state index in [9.17, 15) is 5.11 Å². The molecule has 0 aliphatic carbocycles. The SMILES string of the molecule is CCNc1cc(N(C)CC(C)O)nc(CC)n1. The van der Waals surface area contributed by atoms with Crippen LogP contribution in [0.4, 0.5) is 11.6 Å². The molecule has 0 fully saturated rings. The Morgan fingerprint density at radius 2 is 2.12 bits per heavy atom. The molecular formula is C12H22N4O. The number of rotatable bonds is 6. The molecule has 0 saturated heterocycles. The van der Waals surface area contributed by atoms with Crippen LogP contribution >= 0.6 is 0 Å². The van der Waals surface area contributed by atoms with Crippen molar-refractivity contribution in [2.45, 2.75) is 33.3 Å². The van der Waals surface area contributed by atoms with E-state index < -0.39 is 0 Å². The van der Waals surface area contributed by atoms with E-state index in [1.54, 1.807) is 6.92 Å². The second kappa shape index (κ2) is 6.39. The van der Waals surface area contributed by atoms with Crippen molar-refractivity contribution in [3.05, 3.63) is 11.9 Å². The van der Waals surface area contributed by atoms with Crippen molar-refractivity contribution >= 4 is 11.6 Å². The van der Waals surface area contributed by atoms with Crippen LogP contribution in [0.1, 0.15) is 26.6 Å². The zero-order chi connectivity index (χ0) is 12.8. The number of hydrogen-bond acceptors (Lipinski definition) is 5. The largest absolute Gasteiger partial charge is 0.392 e. The van der Waals surface area contributed by atoms with Crippen LogP contribution in [0.3, 0.4) is 0 Å². The van der Waals surface area contributed by atoms with Gasteiger partial charge in [-0.3, -0.25) is 0 Å². The van der Waals surface area contributed by atoms with Gasteiger partial charge in [-0.25, -0.2) is 9.97 Å². The molecule has 0 aliphatic heterocycles. The summed E-state index contributed by atoms with van der Waals surface area (Å²) in [4.78, 5) is 10.8. The fraction of sp³-hybridized carbons (Fsp3) is 0.667. The minimum Gasteiger partial charge on any atom is -0.392 e. The molecule has 17 heavy (non-hydrogen) atoms. The lowest BCUT2D eigenvalue weighted by molar-refractivity contribution is 0.201. The van der Waals surface area contributed by atoms with Gasteiger partial charge in [0.05, 0.1) is 6.10 Å². The molecule has 1 aromatic heterocycles. The number of likely N-dealkylation sites (N-methyl/N-ethyl adjacent to an activating group) is 1. The van der Waals surface area contributed by atoms with Gasteiger partial charge in [-0.1, -0.05) is 6.92 Å². The quantitative estimate of drug-likeness (QED) is 0.782. The van der Waals surface area contributed by atoms with Crippen molar-refractivity contribution in [1.29, 1.82) is 0 Å². The van der Waals surface area contributed by atoms with E-state index in [2.05, 4.69) is 15.3 Å². The molecule has 0 saturated carbocycles. The van der Waals surface area contributed by atoms with Crippen LogP contribution in [0.15, 0.2) is 6.07 Å². The number of aromatic nitrogens is 2. The van der Waals surface area contributed by atoms with E-state index in [0.29, 0.717) is 6.54 Å². The molecule has 0 spiro atoms. The van der Waals surface area contributed by atoms with E-state index in [1.165, 1.54) is 0 Å². The van der Waals surface area contributed by atoms with Crippen LogP contribution in [0.5, 0.6) is 0 Å². The van der Waals surface area contributed by atoms with Crippen LogP contribution in [-0.4, -0.2) is 41.3 Å². The molecule has 0 bridgehead atoms. The Balaban J connectivity index is 2.93. The molecule has 0 aliphatic rings. The molecule has 0 radical (unpaired) electrons.